The van der Waals surface area contributed by atoms with Crippen molar-refractivity contribution in [2.45, 2.75) is 20.3 Å². The van der Waals surface area contributed by atoms with Gasteiger partial charge in [0.2, 0.25) is 5.91 Å². The molecular formula is C19H26N4O4S. The number of hydrogen-bond donors (Lipinski definition) is 3. The third-order valence-corrected chi connectivity index (χ3v) is 4.79. The van der Waals surface area contributed by atoms with Crippen LogP contribution >= 0.6 is 11.3 Å². The van der Waals surface area contributed by atoms with E-state index < -0.39 is 0 Å². The Morgan fingerprint density at radius 2 is 1.79 bits per heavy atom. The van der Waals surface area contributed by atoms with Crippen molar-refractivity contribution in [2.75, 3.05) is 43.6 Å². The third-order valence-electron chi connectivity index (χ3n) is 3.80. The van der Waals surface area contributed by atoms with Gasteiger partial charge in [-0.15, -0.1) is 11.3 Å². The van der Waals surface area contributed by atoms with Crippen LogP contribution in [0.4, 0.5) is 10.8 Å². The highest BCUT2D eigenvalue weighted by molar-refractivity contribution is 7.15. The number of hydrogen-bond acceptors (Lipinski definition) is 7. The quantitative estimate of drug-likeness (QED) is 0.493. The van der Waals surface area contributed by atoms with Crippen LogP contribution in [0.25, 0.3) is 0 Å². The molecule has 0 radical (unpaired) electrons. The highest BCUT2D eigenvalue weighted by Gasteiger charge is 2.15. The van der Waals surface area contributed by atoms with Gasteiger partial charge in [-0.3, -0.25) is 14.9 Å². The van der Waals surface area contributed by atoms with Gasteiger partial charge in [-0.05, 0) is 26.0 Å². The van der Waals surface area contributed by atoms with Crippen LogP contribution in [0, 0.1) is 13.8 Å². The first-order chi connectivity index (χ1) is 13.5. The summed E-state index contributed by atoms with van der Waals surface area (Å²) in [6, 6.07) is 6.85. The summed E-state index contributed by atoms with van der Waals surface area (Å²) in [4.78, 5) is 30.1. The number of amides is 2. The molecule has 8 nitrogen and oxygen atoms in total. The number of rotatable bonds is 11. The molecule has 0 aliphatic heterocycles. The molecule has 1 aromatic carbocycles. The van der Waals surface area contributed by atoms with Crippen molar-refractivity contribution in [3.8, 4) is 0 Å². The molecule has 2 aromatic rings. The van der Waals surface area contributed by atoms with Crippen LogP contribution in [-0.4, -0.2) is 49.8 Å². The van der Waals surface area contributed by atoms with Gasteiger partial charge in [0, 0.05) is 11.4 Å². The summed E-state index contributed by atoms with van der Waals surface area (Å²) in [5, 5.41) is 6.07. The predicted molar refractivity (Wildman–Crippen MR) is 110 cm³/mol. The first kappa shape index (κ1) is 22.0. The molecule has 1 heterocycles. The highest BCUT2D eigenvalue weighted by atomic mass is 32.1. The van der Waals surface area contributed by atoms with Gasteiger partial charge >= 0.3 is 0 Å². The average Bonchev–Trinajstić information content (AvgIpc) is 2.98. The Bertz CT molecular complexity index is 774. The molecule has 2 amide bonds. The van der Waals surface area contributed by atoms with Gasteiger partial charge in [-0.25, -0.2) is 4.98 Å². The largest absolute Gasteiger partial charge is 0.379 e. The maximum Gasteiger partial charge on any atom is 0.259 e. The van der Waals surface area contributed by atoms with E-state index in [4.69, 9.17) is 15.2 Å². The molecule has 0 spiro atoms. The molecule has 152 valence electrons. The summed E-state index contributed by atoms with van der Waals surface area (Å²) in [6.07, 6.45) is 0.178. The van der Waals surface area contributed by atoms with Crippen molar-refractivity contribution in [1.82, 2.24) is 4.98 Å². The van der Waals surface area contributed by atoms with E-state index >= 15 is 0 Å². The Labute approximate surface area is 168 Å². The van der Waals surface area contributed by atoms with E-state index in [1.54, 1.807) is 24.3 Å². The Morgan fingerprint density at radius 3 is 2.46 bits per heavy atom. The van der Waals surface area contributed by atoms with Crippen molar-refractivity contribution < 1.29 is 19.1 Å². The van der Waals surface area contributed by atoms with E-state index in [0.717, 1.165) is 10.6 Å². The summed E-state index contributed by atoms with van der Waals surface area (Å²) >= 11 is 1.41. The molecule has 2 rings (SSSR count). The van der Waals surface area contributed by atoms with E-state index in [1.807, 2.05) is 13.8 Å². The van der Waals surface area contributed by atoms with Crippen LogP contribution in [0.2, 0.25) is 0 Å². The highest BCUT2D eigenvalue weighted by Crippen LogP contribution is 2.23. The number of anilines is 2. The Hall–Kier alpha value is -2.33. The molecule has 0 aliphatic carbocycles. The Morgan fingerprint density at radius 1 is 1.07 bits per heavy atom. The fraction of sp³-hybridized carbons (Fsp3) is 0.421. The summed E-state index contributed by atoms with van der Waals surface area (Å²) in [5.74, 6) is -0.554. The van der Waals surface area contributed by atoms with Crippen LogP contribution in [0.3, 0.4) is 0 Å². The van der Waals surface area contributed by atoms with Crippen LogP contribution in [0.15, 0.2) is 24.3 Å². The van der Waals surface area contributed by atoms with E-state index in [2.05, 4.69) is 15.6 Å². The van der Waals surface area contributed by atoms with Crippen molar-refractivity contribution in [3.63, 3.8) is 0 Å². The zero-order valence-electron chi connectivity index (χ0n) is 16.1. The van der Waals surface area contributed by atoms with E-state index in [1.165, 1.54) is 11.3 Å². The second-order valence-corrected chi connectivity index (χ2v) is 7.18. The minimum Gasteiger partial charge on any atom is -0.379 e. The normalized spacial score (nSPS) is 10.7. The molecule has 28 heavy (non-hydrogen) atoms. The molecule has 9 heteroatoms. The Balaban J connectivity index is 1.85. The van der Waals surface area contributed by atoms with Crippen LogP contribution in [0.5, 0.6) is 0 Å². The molecule has 0 saturated heterocycles. The SMILES string of the molecule is Cc1nc(NC(=O)c2ccccc2NC(=O)CCOCCOCCN)sc1C. The maximum absolute atomic E-state index is 12.6. The average molecular weight is 407 g/mol. The number of ether oxygens (including phenoxy) is 2. The second kappa shape index (κ2) is 11.5. The van der Waals surface area contributed by atoms with E-state index in [0.29, 0.717) is 42.7 Å². The van der Waals surface area contributed by atoms with Crippen molar-refractivity contribution in [2.24, 2.45) is 5.73 Å². The number of benzene rings is 1. The molecule has 4 N–H and O–H groups in total. The number of thiazole rings is 1. The van der Waals surface area contributed by atoms with Crippen LogP contribution in [0.1, 0.15) is 27.3 Å². The number of nitrogens with one attached hydrogen (secondary N) is 2. The topological polar surface area (TPSA) is 116 Å². The maximum atomic E-state index is 12.6. The molecular weight excluding hydrogens is 380 g/mol. The van der Waals surface area contributed by atoms with Gasteiger partial charge in [-0.1, -0.05) is 12.1 Å². The number of aromatic nitrogens is 1. The lowest BCUT2D eigenvalue weighted by molar-refractivity contribution is -0.117. The molecule has 0 saturated carbocycles. The minimum atomic E-state index is -0.321. The number of nitrogens with two attached hydrogens (primary N) is 1. The summed E-state index contributed by atoms with van der Waals surface area (Å²) in [6.45, 7) is 5.91. The first-order valence-corrected chi connectivity index (χ1v) is 9.82. The van der Waals surface area contributed by atoms with Gasteiger partial charge < -0.3 is 20.5 Å². The summed E-state index contributed by atoms with van der Waals surface area (Å²) in [7, 11) is 0. The number of aryl methyl sites for hydroxylation is 2. The van der Waals surface area contributed by atoms with Crippen molar-refractivity contribution >= 4 is 34.0 Å². The number of carbonyl (C=O) groups is 2. The molecule has 0 fully saturated rings. The molecule has 0 aliphatic rings. The second-order valence-electron chi connectivity index (χ2n) is 5.97. The minimum absolute atomic E-state index is 0.178. The van der Waals surface area contributed by atoms with E-state index in [-0.39, 0.29) is 24.8 Å². The summed E-state index contributed by atoms with van der Waals surface area (Å²) in [5.41, 5.74) is 7.02. The van der Waals surface area contributed by atoms with Gasteiger partial charge in [0.05, 0.1) is 49.8 Å². The first-order valence-electron chi connectivity index (χ1n) is 9.01. The summed E-state index contributed by atoms with van der Waals surface area (Å²) < 4.78 is 10.5. The molecule has 0 atom stereocenters. The monoisotopic (exact) mass is 406 g/mol. The lowest BCUT2D eigenvalue weighted by atomic mass is 10.1. The van der Waals surface area contributed by atoms with Crippen LogP contribution in [-0.2, 0) is 14.3 Å². The van der Waals surface area contributed by atoms with Gasteiger partial charge in [0.1, 0.15) is 0 Å². The standard InChI is InChI=1S/C19H26N4O4S/c1-13-14(2)28-19(21-13)23-18(25)15-5-3-4-6-16(15)22-17(24)7-9-26-11-12-27-10-8-20/h3-6H,7-12,20H2,1-2H3,(H,22,24)(H,21,23,25). The molecule has 0 unspecified atom stereocenters. The van der Waals surface area contributed by atoms with Crippen LogP contribution < -0.4 is 16.4 Å². The molecule has 1 aromatic heterocycles. The van der Waals surface area contributed by atoms with Gasteiger partial charge in [0.25, 0.3) is 5.91 Å². The lowest BCUT2D eigenvalue weighted by Crippen LogP contribution is -2.19. The zero-order chi connectivity index (χ0) is 20.4. The smallest absolute Gasteiger partial charge is 0.259 e. The third kappa shape index (κ3) is 7.01. The number of carbonyl (C=O) groups excluding carboxylic acids is 2. The predicted octanol–water partition coefficient (Wildman–Crippen LogP) is 2.33. The Kier molecular flexibility index (Phi) is 9.02. The van der Waals surface area contributed by atoms with Crippen molar-refractivity contribution in [1.29, 1.82) is 0 Å². The van der Waals surface area contributed by atoms with Gasteiger partial charge in [-0.2, -0.15) is 0 Å². The zero-order valence-corrected chi connectivity index (χ0v) is 16.9. The lowest BCUT2D eigenvalue weighted by Gasteiger charge is -2.11. The number of nitrogens with zero attached hydrogens (tertiary/aromatic N) is 1. The van der Waals surface area contributed by atoms with Gasteiger partial charge in [0.15, 0.2) is 5.13 Å². The fourth-order valence-corrected chi connectivity index (χ4v) is 3.07. The fourth-order valence-electron chi connectivity index (χ4n) is 2.26. The van der Waals surface area contributed by atoms with Crippen molar-refractivity contribution in [3.05, 3.63) is 40.4 Å². The molecule has 0 bridgehead atoms. The number of para-hydroxylation sites is 1. The van der Waals surface area contributed by atoms with E-state index in [9.17, 15) is 9.59 Å².